The third-order valence-corrected chi connectivity index (χ3v) is 3.22. The largest absolute Gasteiger partial charge is 0.478 e. The molecule has 0 saturated heterocycles. The van der Waals surface area contributed by atoms with E-state index in [1.165, 1.54) is 0 Å². The first-order chi connectivity index (χ1) is 9.75. The molecule has 0 saturated carbocycles. The molecule has 0 aliphatic carbocycles. The van der Waals surface area contributed by atoms with Gasteiger partial charge in [-0.3, -0.25) is 0 Å². The minimum Gasteiger partial charge on any atom is -0.478 e. The zero-order valence-corrected chi connectivity index (χ0v) is 10.7. The highest BCUT2D eigenvalue weighted by Gasteiger charge is 2.09. The molecule has 0 spiro atoms. The number of nitrogens with one attached hydrogen (secondary N) is 1. The van der Waals surface area contributed by atoms with Gasteiger partial charge in [0.05, 0.1) is 11.3 Å². The Balaban J connectivity index is 2.08. The fourth-order valence-electron chi connectivity index (χ4n) is 2.26. The molecule has 0 aliphatic heterocycles. The maximum atomic E-state index is 11.2. The summed E-state index contributed by atoms with van der Waals surface area (Å²) < 4.78 is 0. The van der Waals surface area contributed by atoms with Gasteiger partial charge in [0.15, 0.2) is 0 Å². The second kappa shape index (κ2) is 5.05. The lowest BCUT2D eigenvalue weighted by molar-refractivity contribution is 0.0698. The molecule has 0 bridgehead atoms. The van der Waals surface area contributed by atoms with Crippen LogP contribution in [0.4, 0.5) is 11.4 Å². The number of benzene rings is 3. The SMILES string of the molecule is O=C(O)c1ccccc1Nc1cccc2ccccc12. The van der Waals surface area contributed by atoms with E-state index in [0.717, 1.165) is 16.5 Å². The van der Waals surface area contributed by atoms with Crippen molar-refractivity contribution in [2.24, 2.45) is 0 Å². The van der Waals surface area contributed by atoms with Gasteiger partial charge in [-0.2, -0.15) is 0 Å². The van der Waals surface area contributed by atoms with Gasteiger partial charge < -0.3 is 10.4 Å². The number of carbonyl (C=O) groups is 1. The number of carboxylic acid groups (broad SMARTS) is 1. The molecule has 0 fully saturated rings. The molecule has 2 N–H and O–H groups in total. The molecule has 3 heteroatoms. The van der Waals surface area contributed by atoms with Gasteiger partial charge in [0, 0.05) is 11.1 Å². The summed E-state index contributed by atoms with van der Waals surface area (Å²) >= 11 is 0. The molecule has 3 rings (SSSR count). The van der Waals surface area contributed by atoms with E-state index in [0.29, 0.717) is 5.69 Å². The topological polar surface area (TPSA) is 49.3 Å². The molecule has 0 heterocycles. The van der Waals surface area contributed by atoms with E-state index in [4.69, 9.17) is 0 Å². The first-order valence-electron chi connectivity index (χ1n) is 6.33. The van der Waals surface area contributed by atoms with E-state index in [2.05, 4.69) is 5.32 Å². The fourth-order valence-corrected chi connectivity index (χ4v) is 2.26. The van der Waals surface area contributed by atoms with Gasteiger partial charge in [0.1, 0.15) is 0 Å². The van der Waals surface area contributed by atoms with Crippen LogP contribution in [0.15, 0.2) is 66.7 Å². The van der Waals surface area contributed by atoms with Crippen molar-refractivity contribution in [2.45, 2.75) is 0 Å². The fraction of sp³-hybridized carbons (Fsp3) is 0. The normalized spacial score (nSPS) is 10.4. The molecule has 20 heavy (non-hydrogen) atoms. The summed E-state index contributed by atoms with van der Waals surface area (Å²) in [4.78, 5) is 11.2. The quantitative estimate of drug-likeness (QED) is 0.741. The van der Waals surface area contributed by atoms with E-state index < -0.39 is 5.97 Å². The minimum absolute atomic E-state index is 0.264. The van der Waals surface area contributed by atoms with Gasteiger partial charge in [0.2, 0.25) is 0 Å². The van der Waals surface area contributed by atoms with Crippen LogP contribution in [0.5, 0.6) is 0 Å². The smallest absolute Gasteiger partial charge is 0.337 e. The first kappa shape index (κ1) is 12.2. The van der Waals surface area contributed by atoms with Crippen molar-refractivity contribution in [1.29, 1.82) is 0 Å². The summed E-state index contributed by atoms with van der Waals surface area (Å²) in [5, 5.41) is 14.6. The van der Waals surface area contributed by atoms with Crippen LogP contribution in [0.1, 0.15) is 10.4 Å². The van der Waals surface area contributed by atoms with E-state index in [9.17, 15) is 9.90 Å². The third kappa shape index (κ3) is 2.21. The second-order valence-corrected chi connectivity index (χ2v) is 4.50. The Morgan fingerprint density at radius 1 is 0.800 bits per heavy atom. The molecule has 0 unspecified atom stereocenters. The number of hydrogen-bond acceptors (Lipinski definition) is 2. The standard InChI is InChI=1S/C17H13NO2/c19-17(20)14-9-3-4-10-16(14)18-15-11-5-7-12-6-1-2-8-13(12)15/h1-11,18H,(H,19,20). The van der Waals surface area contributed by atoms with Crippen LogP contribution in [0, 0.1) is 0 Å². The van der Waals surface area contributed by atoms with Crippen molar-refractivity contribution in [3.8, 4) is 0 Å². The Kier molecular flexibility index (Phi) is 3.09. The number of aromatic carboxylic acids is 1. The van der Waals surface area contributed by atoms with Gasteiger partial charge in [-0.25, -0.2) is 4.79 Å². The number of fused-ring (bicyclic) bond motifs is 1. The highest BCUT2D eigenvalue weighted by molar-refractivity contribution is 5.99. The predicted octanol–water partition coefficient (Wildman–Crippen LogP) is 4.28. The van der Waals surface area contributed by atoms with Crippen LogP contribution in [-0.2, 0) is 0 Å². The third-order valence-electron chi connectivity index (χ3n) is 3.22. The Hall–Kier alpha value is -2.81. The monoisotopic (exact) mass is 263 g/mol. The van der Waals surface area contributed by atoms with Crippen molar-refractivity contribution in [1.82, 2.24) is 0 Å². The van der Waals surface area contributed by atoms with Crippen LogP contribution in [-0.4, -0.2) is 11.1 Å². The maximum Gasteiger partial charge on any atom is 0.337 e. The summed E-state index contributed by atoms with van der Waals surface area (Å²) in [6.45, 7) is 0. The highest BCUT2D eigenvalue weighted by Crippen LogP contribution is 2.27. The van der Waals surface area contributed by atoms with Crippen molar-refractivity contribution in [3.05, 3.63) is 72.3 Å². The minimum atomic E-state index is -0.937. The summed E-state index contributed by atoms with van der Waals surface area (Å²) in [5.41, 5.74) is 1.76. The molecular weight excluding hydrogens is 250 g/mol. The van der Waals surface area contributed by atoms with Gasteiger partial charge in [-0.15, -0.1) is 0 Å². The average Bonchev–Trinajstić information content (AvgIpc) is 2.48. The molecule has 0 radical (unpaired) electrons. The zero-order chi connectivity index (χ0) is 13.9. The molecule has 98 valence electrons. The second-order valence-electron chi connectivity index (χ2n) is 4.50. The van der Waals surface area contributed by atoms with Gasteiger partial charge in [-0.1, -0.05) is 48.5 Å². The van der Waals surface area contributed by atoms with Crippen molar-refractivity contribution >= 4 is 28.1 Å². The Bertz CT molecular complexity index is 775. The van der Waals surface area contributed by atoms with Crippen molar-refractivity contribution < 1.29 is 9.90 Å². The molecule has 3 aromatic rings. The number of hydrogen-bond donors (Lipinski definition) is 2. The predicted molar refractivity (Wildman–Crippen MR) is 80.6 cm³/mol. The molecular formula is C17H13NO2. The van der Waals surface area contributed by atoms with Crippen LogP contribution in [0.25, 0.3) is 10.8 Å². The Morgan fingerprint density at radius 3 is 2.30 bits per heavy atom. The maximum absolute atomic E-state index is 11.2. The lowest BCUT2D eigenvalue weighted by atomic mass is 10.1. The van der Waals surface area contributed by atoms with Crippen molar-refractivity contribution in [2.75, 3.05) is 5.32 Å². The lowest BCUT2D eigenvalue weighted by Gasteiger charge is -2.11. The number of carboxylic acids is 1. The molecule has 3 nitrogen and oxygen atoms in total. The van der Waals surface area contributed by atoms with Gasteiger partial charge >= 0.3 is 5.97 Å². The summed E-state index contributed by atoms with van der Waals surface area (Å²) in [6, 6.07) is 20.8. The van der Waals surface area contributed by atoms with Crippen LogP contribution >= 0.6 is 0 Å². The van der Waals surface area contributed by atoms with Gasteiger partial charge in [-0.05, 0) is 23.6 Å². The molecule has 0 atom stereocenters. The Morgan fingerprint density at radius 2 is 1.45 bits per heavy atom. The molecule has 3 aromatic carbocycles. The van der Waals surface area contributed by atoms with E-state index >= 15 is 0 Å². The molecule has 0 amide bonds. The molecule has 0 aromatic heterocycles. The number of para-hydroxylation sites is 1. The van der Waals surface area contributed by atoms with Gasteiger partial charge in [0.25, 0.3) is 0 Å². The number of anilines is 2. The van der Waals surface area contributed by atoms with Crippen molar-refractivity contribution in [3.63, 3.8) is 0 Å². The number of rotatable bonds is 3. The summed E-state index contributed by atoms with van der Waals surface area (Å²) in [7, 11) is 0. The zero-order valence-electron chi connectivity index (χ0n) is 10.7. The summed E-state index contributed by atoms with van der Waals surface area (Å²) in [5.74, 6) is -0.937. The highest BCUT2D eigenvalue weighted by atomic mass is 16.4. The average molecular weight is 263 g/mol. The van der Waals surface area contributed by atoms with Crippen LogP contribution in [0.3, 0.4) is 0 Å². The summed E-state index contributed by atoms with van der Waals surface area (Å²) in [6.07, 6.45) is 0. The first-order valence-corrected chi connectivity index (χ1v) is 6.33. The van der Waals surface area contributed by atoms with E-state index in [1.54, 1.807) is 18.2 Å². The van der Waals surface area contributed by atoms with Crippen LogP contribution < -0.4 is 5.32 Å². The lowest BCUT2D eigenvalue weighted by Crippen LogP contribution is -2.02. The van der Waals surface area contributed by atoms with E-state index in [1.807, 2.05) is 48.5 Å². The molecule has 0 aliphatic rings. The van der Waals surface area contributed by atoms with Crippen LogP contribution in [0.2, 0.25) is 0 Å². The Labute approximate surface area is 116 Å². The van der Waals surface area contributed by atoms with E-state index in [-0.39, 0.29) is 5.56 Å².